The minimum absolute atomic E-state index is 0.113. The number of hydrogen-bond donors (Lipinski definition) is 1. The lowest BCUT2D eigenvalue weighted by Gasteiger charge is -2.43. The first-order chi connectivity index (χ1) is 15.2. The second-order valence-corrected chi connectivity index (χ2v) is 11.5. The summed E-state index contributed by atoms with van der Waals surface area (Å²) in [5.74, 6) is 1.89. The summed E-state index contributed by atoms with van der Waals surface area (Å²) in [4.78, 5) is 26.4. The number of amides is 1. The van der Waals surface area contributed by atoms with Gasteiger partial charge in [0, 0.05) is 32.2 Å². The standard InChI is InChI=1S/C22H36N6O3S/c1-5-18-21(29)26(3)19-14-23-22(25-20(19)28(18)17-8-6-7-9-17)24-15(2)16-10-12-27(13-11-16)32(4,30)31/h14-18H,5-13H2,1-4H3,(H,23,24,25)/t15-,18?/m0/s1. The summed E-state index contributed by atoms with van der Waals surface area (Å²) in [7, 11) is -1.32. The van der Waals surface area contributed by atoms with E-state index in [4.69, 9.17) is 4.98 Å². The second-order valence-electron chi connectivity index (χ2n) is 9.50. The third-order valence-electron chi connectivity index (χ3n) is 7.44. The van der Waals surface area contributed by atoms with Crippen LogP contribution in [-0.4, -0.2) is 73.1 Å². The first kappa shape index (κ1) is 23.2. The van der Waals surface area contributed by atoms with Crippen LogP contribution >= 0.6 is 0 Å². The lowest BCUT2D eigenvalue weighted by molar-refractivity contribution is -0.120. The van der Waals surface area contributed by atoms with E-state index in [1.807, 2.05) is 7.05 Å². The first-order valence-corrected chi connectivity index (χ1v) is 13.7. The van der Waals surface area contributed by atoms with E-state index in [1.165, 1.54) is 19.1 Å². The van der Waals surface area contributed by atoms with Gasteiger partial charge in [-0.2, -0.15) is 4.98 Å². The van der Waals surface area contributed by atoms with Gasteiger partial charge in [-0.1, -0.05) is 19.8 Å². The number of piperidine rings is 1. The van der Waals surface area contributed by atoms with Gasteiger partial charge in [-0.05, 0) is 44.9 Å². The number of carbonyl (C=O) groups excluding carboxylic acids is 1. The van der Waals surface area contributed by atoms with Crippen LogP contribution in [0.25, 0.3) is 0 Å². The van der Waals surface area contributed by atoms with Crippen molar-refractivity contribution >= 4 is 33.4 Å². The summed E-state index contributed by atoms with van der Waals surface area (Å²) in [6.45, 7) is 5.29. The maximum absolute atomic E-state index is 13.0. The van der Waals surface area contributed by atoms with Crippen molar-refractivity contribution in [2.75, 3.05) is 41.5 Å². The van der Waals surface area contributed by atoms with Crippen LogP contribution in [-0.2, 0) is 14.8 Å². The molecule has 3 heterocycles. The van der Waals surface area contributed by atoms with Gasteiger partial charge in [0.15, 0.2) is 5.82 Å². The van der Waals surface area contributed by atoms with Gasteiger partial charge in [0.05, 0.1) is 12.5 Å². The number of sulfonamides is 1. The average molecular weight is 465 g/mol. The van der Waals surface area contributed by atoms with Crippen molar-refractivity contribution in [3.8, 4) is 0 Å². The van der Waals surface area contributed by atoms with Crippen molar-refractivity contribution in [2.45, 2.75) is 76.9 Å². The normalized spacial score (nSPS) is 24.6. The molecule has 1 aromatic heterocycles. The van der Waals surface area contributed by atoms with Crippen molar-refractivity contribution in [1.29, 1.82) is 0 Å². The number of anilines is 3. The zero-order valence-electron chi connectivity index (χ0n) is 19.6. The molecule has 0 spiro atoms. The quantitative estimate of drug-likeness (QED) is 0.690. The van der Waals surface area contributed by atoms with Gasteiger partial charge in [0.1, 0.15) is 11.7 Å². The van der Waals surface area contributed by atoms with E-state index in [9.17, 15) is 13.2 Å². The van der Waals surface area contributed by atoms with Crippen molar-refractivity contribution in [2.24, 2.45) is 5.92 Å². The van der Waals surface area contributed by atoms with E-state index in [0.29, 0.717) is 31.0 Å². The molecule has 0 aromatic carbocycles. The molecule has 4 rings (SSSR count). The highest BCUT2D eigenvalue weighted by Gasteiger charge is 2.41. The van der Waals surface area contributed by atoms with Crippen LogP contribution in [0.2, 0.25) is 0 Å². The minimum Gasteiger partial charge on any atom is -0.351 e. The number of nitrogens with one attached hydrogen (secondary N) is 1. The third kappa shape index (κ3) is 4.44. The van der Waals surface area contributed by atoms with Crippen LogP contribution < -0.4 is 15.1 Å². The minimum atomic E-state index is -3.13. The SMILES string of the molecule is CCC1C(=O)N(C)c2cnc(N[C@@H](C)C3CCN(S(C)(=O)=O)CC3)nc2N1C1CCCC1. The molecular weight excluding hydrogens is 428 g/mol. The zero-order valence-corrected chi connectivity index (χ0v) is 20.4. The lowest BCUT2D eigenvalue weighted by atomic mass is 9.91. The number of likely N-dealkylation sites (N-methyl/N-ethyl adjacent to an activating group) is 1. The number of rotatable bonds is 6. The van der Waals surface area contributed by atoms with Crippen molar-refractivity contribution in [3.63, 3.8) is 0 Å². The molecule has 178 valence electrons. The van der Waals surface area contributed by atoms with E-state index in [1.54, 1.807) is 15.4 Å². The Kier molecular flexibility index (Phi) is 6.63. The molecular formula is C22H36N6O3S. The molecule has 32 heavy (non-hydrogen) atoms. The Morgan fingerprint density at radius 1 is 1.19 bits per heavy atom. The van der Waals surface area contributed by atoms with Crippen LogP contribution in [0.3, 0.4) is 0 Å². The molecule has 9 nitrogen and oxygen atoms in total. The topological polar surface area (TPSA) is 98.7 Å². The number of nitrogens with zero attached hydrogens (tertiary/aromatic N) is 5. The van der Waals surface area contributed by atoms with Gasteiger partial charge < -0.3 is 15.1 Å². The van der Waals surface area contributed by atoms with E-state index < -0.39 is 10.0 Å². The van der Waals surface area contributed by atoms with Crippen LogP contribution in [0.15, 0.2) is 6.20 Å². The smallest absolute Gasteiger partial charge is 0.249 e. The van der Waals surface area contributed by atoms with E-state index in [0.717, 1.165) is 43.6 Å². The summed E-state index contributed by atoms with van der Waals surface area (Å²) in [5, 5.41) is 3.47. The zero-order chi connectivity index (χ0) is 23.0. The highest BCUT2D eigenvalue weighted by molar-refractivity contribution is 7.88. The molecule has 1 saturated heterocycles. The van der Waals surface area contributed by atoms with E-state index >= 15 is 0 Å². The summed E-state index contributed by atoms with van der Waals surface area (Å²) in [5.41, 5.74) is 0.770. The Morgan fingerprint density at radius 2 is 1.84 bits per heavy atom. The first-order valence-electron chi connectivity index (χ1n) is 11.8. The molecule has 2 atom stereocenters. The number of aromatic nitrogens is 2. The predicted molar refractivity (Wildman–Crippen MR) is 126 cm³/mol. The molecule has 0 bridgehead atoms. The van der Waals surface area contributed by atoms with Gasteiger partial charge in [0.25, 0.3) is 0 Å². The molecule has 2 aliphatic heterocycles. The molecule has 1 amide bonds. The molecule has 1 aromatic rings. The van der Waals surface area contributed by atoms with Crippen molar-refractivity contribution in [1.82, 2.24) is 14.3 Å². The van der Waals surface area contributed by atoms with Gasteiger partial charge >= 0.3 is 0 Å². The maximum atomic E-state index is 13.0. The van der Waals surface area contributed by atoms with Crippen LogP contribution in [0.5, 0.6) is 0 Å². The lowest BCUT2D eigenvalue weighted by Crippen LogP contribution is -2.55. The predicted octanol–water partition coefficient (Wildman–Crippen LogP) is 2.45. The summed E-state index contributed by atoms with van der Waals surface area (Å²) in [6, 6.07) is 0.285. The number of carbonyl (C=O) groups is 1. The fraction of sp³-hybridized carbons (Fsp3) is 0.773. The highest BCUT2D eigenvalue weighted by Crippen LogP contribution is 2.40. The van der Waals surface area contributed by atoms with E-state index in [2.05, 4.69) is 29.0 Å². The number of fused-ring (bicyclic) bond motifs is 1. The maximum Gasteiger partial charge on any atom is 0.249 e. The van der Waals surface area contributed by atoms with Gasteiger partial charge in [-0.3, -0.25) is 4.79 Å². The number of hydrogen-bond acceptors (Lipinski definition) is 7. The summed E-state index contributed by atoms with van der Waals surface area (Å²) < 4.78 is 25.1. The molecule has 1 saturated carbocycles. The largest absolute Gasteiger partial charge is 0.351 e. The highest BCUT2D eigenvalue weighted by atomic mass is 32.2. The summed E-state index contributed by atoms with van der Waals surface area (Å²) >= 11 is 0. The van der Waals surface area contributed by atoms with Crippen LogP contribution in [0.4, 0.5) is 17.5 Å². The Balaban J connectivity index is 1.53. The van der Waals surface area contributed by atoms with Gasteiger partial charge in [0.2, 0.25) is 21.9 Å². The van der Waals surface area contributed by atoms with Crippen molar-refractivity contribution in [3.05, 3.63) is 6.20 Å². The molecule has 0 radical (unpaired) electrons. The van der Waals surface area contributed by atoms with Crippen LogP contribution in [0.1, 0.15) is 58.8 Å². The molecule has 2 fully saturated rings. The molecule has 10 heteroatoms. The fourth-order valence-electron chi connectivity index (χ4n) is 5.48. The second kappa shape index (κ2) is 9.13. The fourth-order valence-corrected chi connectivity index (χ4v) is 6.36. The Bertz CT molecular complexity index is 941. The average Bonchev–Trinajstić information content (AvgIpc) is 3.30. The van der Waals surface area contributed by atoms with Crippen LogP contribution in [0, 0.1) is 5.92 Å². The van der Waals surface area contributed by atoms with Gasteiger partial charge in [-0.15, -0.1) is 0 Å². The summed E-state index contributed by atoms with van der Waals surface area (Å²) in [6.07, 6.45) is 9.98. The Hall–Kier alpha value is -1.94. The third-order valence-corrected chi connectivity index (χ3v) is 8.75. The monoisotopic (exact) mass is 464 g/mol. The molecule has 1 unspecified atom stereocenters. The Morgan fingerprint density at radius 3 is 2.44 bits per heavy atom. The molecule has 1 N–H and O–H groups in total. The Labute approximate surface area is 191 Å². The molecule has 3 aliphatic rings. The van der Waals surface area contributed by atoms with E-state index in [-0.39, 0.29) is 18.0 Å². The van der Waals surface area contributed by atoms with Crippen molar-refractivity contribution < 1.29 is 13.2 Å². The molecule has 1 aliphatic carbocycles. The van der Waals surface area contributed by atoms with Gasteiger partial charge in [-0.25, -0.2) is 17.7 Å².